The number of benzene rings is 1. The number of ether oxygens (including phenoxy) is 2. The second-order valence-corrected chi connectivity index (χ2v) is 7.90. The summed E-state index contributed by atoms with van der Waals surface area (Å²) in [6, 6.07) is 6.93. The number of rotatable bonds is 7. The third-order valence-electron chi connectivity index (χ3n) is 4.54. The highest BCUT2D eigenvalue weighted by Crippen LogP contribution is 2.35. The molecule has 11 heteroatoms. The van der Waals surface area contributed by atoms with Crippen molar-refractivity contribution in [2.24, 2.45) is 0 Å². The van der Waals surface area contributed by atoms with E-state index in [0.29, 0.717) is 29.6 Å². The van der Waals surface area contributed by atoms with Crippen molar-refractivity contribution in [1.82, 2.24) is 15.0 Å². The lowest BCUT2D eigenvalue weighted by molar-refractivity contribution is -0.137. The summed E-state index contributed by atoms with van der Waals surface area (Å²) in [5.74, 6) is 1.13. The van der Waals surface area contributed by atoms with Gasteiger partial charge in [-0.1, -0.05) is 17.7 Å². The molecule has 4 rings (SSSR count). The molecule has 3 heterocycles. The Hall–Kier alpha value is -3.11. The summed E-state index contributed by atoms with van der Waals surface area (Å²) in [5, 5.41) is 6.46. The molecule has 1 aromatic carbocycles. The monoisotopic (exact) mass is 480 g/mol. The van der Waals surface area contributed by atoms with E-state index in [1.54, 1.807) is 18.2 Å². The van der Waals surface area contributed by atoms with Crippen LogP contribution < -0.4 is 14.8 Å². The third kappa shape index (κ3) is 4.86. The van der Waals surface area contributed by atoms with E-state index in [1.165, 1.54) is 24.8 Å². The van der Waals surface area contributed by atoms with Crippen LogP contribution in [0.3, 0.4) is 0 Å². The lowest BCUT2D eigenvalue weighted by Gasteiger charge is -2.13. The van der Waals surface area contributed by atoms with Crippen molar-refractivity contribution in [3.8, 4) is 17.4 Å². The molecule has 0 bridgehead atoms. The maximum Gasteiger partial charge on any atom is 0.416 e. The Bertz CT molecular complexity index is 1250. The van der Waals surface area contributed by atoms with E-state index in [-0.39, 0.29) is 11.6 Å². The predicted molar refractivity (Wildman–Crippen MR) is 117 cm³/mol. The van der Waals surface area contributed by atoms with Crippen molar-refractivity contribution in [2.45, 2.75) is 12.6 Å². The summed E-state index contributed by atoms with van der Waals surface area (Å²) >= 11 is 7.67. The highest BCUT2D eigenvalue weighted by molar-refractivity contribution is 7.17. The van der Waals surface area contributed by atoms with Crippen LogP contribution in [0.2, 0.25) is 5.02 Å². The number of fused-ring (bicyclic) bond motifs is 1. The van der Waals surface area contributed by atoms with Crippen molar-refractivity contribution in [3.05, 3.63) is 64.4 Å². The molecule has 4 aromatic rings. The number of hydrogen-bond donors (Lipinski definition) is 1. The number of thiophene rings is 1. The van der Waals surface area contributed by atoms with Gasteiger partial charge in [0.2, 0.25) is 5.88 Å². The van der Waals surface area contributed by atoms with Gasteiger partial charge in [0.25, 0.3) is 0 Å². The number of alkyl halides is 3. The van der Waals surface area contributed by atoms with Gasteiger partial charge in [-0.15, -0.1) is 11.3 Å². The molecule has 0 aliphatic carbocycles. The molecule has 0 unspecified atom stereocenters. The van der Waals surface area contributed by atoms with Gasteiger partial charge in [0, 0.05) is 24.2 Å². The van der Waals surface area contributed by atoms with Crippen molar-refractivity contribution < 1.29 is 22.6 Å². The fraction of sp³-hybridized carbons (Fsp3) is 0.190. The average Bonchev–Trinajstić information content (AvgIpc) is 3.16. The van der Waals surface area contributed by atoms with Crippen LogP contribution in [0.15, 0.2) is 48.2 Å². The highest BCUT2D eigenvalue weighted by atomic mass is 35.5. The summed E-state index contributed by atoms with van der Waals surface area (Å²) in [6.45, 7) is 0.566. The van der Waals surface area contributed by atoms with E-state index in [9.17, 15) is 13.2 Å². The molecule has 166 valence electrons. The summed E-state index contributed by atoms with van der Waals surface area (Å²) in [4.78, 5) is 13.1. The Morgan fingerprint density at radius 3 is 2.72 bits per heavy atom. The Morgan fingerprint density at radius 1 is 1.09 bits per heavy atom. The highest BCUT2D eigenvalue weighted by Gasteiger charge is 2.31. The molecular formula is C21H16ClF3N4O2S. The van der Waals surface area contributed by atoms with Crippen molar-refractivity contribution in [1.29, 1.82) is 0 Å². The van der Waals surface area contributed by atoms with Crippen LogP contribution in [-0.2, 0) is 12.6 Å². The smallest absolute Gasteiger partial charge is 0.416 e. The van der Waals surface area contributed by atoms with E-state index in [2.05, 4.69) is 20.3 Å². The number of aromatic nitrogens is 3. The molecule has 32 heavy (non-hydrogen) atoms. The Labute approximate surface area is 190 Å². The van der Waals surface area contributed by atoms with E-state index in [1.807, 2.05) is 5.38 Å². The van der Waals surface area contributed by atoms with Crippen molar-refractivity contribution in [3.63, 3.8) is 0 Å². The van der Waals surface area contributed by atoms with Gasteiger partial charge < -0.3 is 14.8 Å². The van der Waals surface area contributed by atoms with Crippen LogP contribution in [-0.4, -0.2) is 28.6 Å². The first kappa shape index (κ1) is 22.1. The minimum Gasteiger partial charge on any atom is -0.493 e. The fourth-order valence-corrected chi connectivity index (χ4v) is 4.14. The molecule has 0 saturated heterocycles. The van der Waals surface area contributed by atoms with Gasteiger partial charge in [-0.25, -0.2) is 15.0 Å². The third-order valence-corrected chi connectivity index (χ3v) is 5.85. The number of halogens is 4. The lowest BCUT2D eigenvalue weighted by atomic mass is 10.1. The fourth-order valence-electron chi connectivity index (χ4n) is 3.01. The Kier molecular flexibility index (Phi) is 6.33. The molecule has 1 N–H and O–H groups in total. The zero-order chi connectivity index (χ0) is 22.7. The molecule has 0 aliphatic rings. The normalized spacial score (nSPS) is 11.5. The van der Waals surface area contributed by atoms with Crippen LogP contribution in [0.25, 0.3) is 10.2 Å². The van der Waals surface area contributed by atoms with Crippen LogP contribution in [0.4, 0.5) is 19.0 Å². The standard InChI is InChI=1S/C21H16ClF3N4O2S/c1-30-16-8-12(4-6-27-19-18-14(22)10-32-20(18)29-11-28-19)2-3-15(16)31-17-9-13(5-7-26-17)21(23,24)25/h2-3,5,7-11H,4,6H2,1H3,(H,27,28,29). The summed E-state index contributed by atoms with van der Waals surface area (Å²) in [6.07, 6.45) is -1.32. The van der Waals surface area contributed by atoms with Crippen LogP contribution in [0.5, 0.6) is 17.4 Å². The maximum atomic E-state index is 12.9. The molecule has 0 atom stereocenters. The van der Waals surface area contributed by atoms with Crippen molar-refractivity contribution in [2.75, 3.05) is 19.0 Å². The van der Waals surface area contributed by atoms with Gasteiger partial charge >= 0.3 is 6.18 Å². The largest absolute Gasteiger partial charge is 0.493 e. The minimum absolute atomic E-state index is 0.173. The summed E-state index contributed by atoms with van der Waals surface area (Å²) in [7, 11) is 1.46. The second kappa shape index (κ2) is 9.17. The summed E-state index contributed by atoms with van der Waals surface area (Å²) < 4.78 is 49.6. The zero-order valence-corrected chi connectivity index (χ0v) is 18.2. The topological polar surface area (TPSA) is 69.2 Å². The first-order chi connectivity index (χ1) is 15.3. The van der Waals surface area contributed by atoms with E-state index < -0.39 is 11.7 Å². The van der Waals surface area contributed by atoms with Gasteiger partial charge in [0.15, 0.2) is 11.5 Å². The Balaban J connectivity index is 1.45. The Morgan fingerprint density at radius 2 is 1.94 bits per heavy atom. The van der Waals surface area contributed by atoms with Crippen LogP contribution in [0, 0.1) is 0 Å². The van der Waals surface area contributed by atoms with Gasteiger partial charge in [-0.2, -0.15) is 13.2 Å². The van der Waals surface area contributed by atoms with E-state index in [4.69, 9.17) is 21.1 Å². The number of nitrogens with one attached hydrogen (secondary N) is 1. The number of pyridine rings is 1. The molecule has 0 radical (unpaired) electrons. The van der Waals surface area contributed by atoms with Gasteiger partial charge in [-0.3, -0.25) is 0 Å². The van der Waals surface area contributed by atoms with Gasteiger partial charge in [0.05, 0.1) is 23.1 Å². The summed E-state index contributed by atoms with van der Waals surface area (Å²) in [5.41, 5.74) is 0.0918. The van der Waals surface area contributed by atoms with E-state index in [0.717, 1.165) is 34.1 Å². The van der Waals surface area contributed by atoms with E-state index >= 15 is 0 Å². The molecule has 0 saturated carbocycles. The molecule has 3 aromatic heterocycles. The second-order valence-electron chi connectivity index (χ2n) is 6.63. The van der Waals surface area contributed by atoms with Crippen LogP contribution in [0.1, 0.15) is 11.1 Å². The van der Waals surface area contributed by atoms with Crippen LogP contribution >= 0.6 is 22.9 Å². The van der Waals surface area contributed by atoms with Crippen molar-refractivity contribution >= 4 is 39.0 Å². The number of hydrogen-bond acceptors (Lipinski definition) is 7. The molecule has 0 spiro atoms. The first-order valence-electron chi connectivity index (χ1n) is 9.34. The van der Waals surface area contributed by atoms with Gasteiger partial charge in [0.1, 0.15) is 17.0 Å². The maximum absolute atomic E-state index is 12.9. The minimum atomic E-state index is -4.48. The SMILES string of the molecule is COc1cc(CCNc2ncnc3scc(Cl)c23)ccc1Oc1cc(C(F)(F)F)ccn1. The quantitative estimate of drug-likeness (QED) is 0.339. The zero-order valence-electron chi connectivity index (χ0n) is 16.6. The molecule has 0 amide bonds. The average molecular weight is 481 g/mol. The molecule has 6 nitrogen and oxygen atoms in total. The number of nitrogens with zero attached hydrogens (tertiary/aromatic N) is 3. The molecular weight excluding hydrogens is 465 g/mol. The number of anilines is 1. The molecule has 0 fully saturated rings. The lowest BCUT2D eigenvalue weighted by Crippen LogP contribution is -2.07. The van der Waals surface area contributed by atoms with Gasteiger partial charge in [-0.05, 0) is 30.2 Å². The first-order valence-corrected chi connectivity index (χ1v) is 10.6. The number of methoxy groups -OCH3 is 1. The molecule has 0 aliphatic heterocycles. The predicted octanol–water partition coefficient (Wildman–Crippen LogP) is 6.21.